The molecule has 0 spiro atoms. The molecule has 3 N–H and O–H groups in total. The lowest BCUT2D eigenvalue weighted by molar-refractivity contribution is 0.177. The second-order valence-electron chi connectivity index (χ2n) is 6.00. The predicted molar refractivity (Wildman–Crippen MR) is 78.9 cm³/mol. The van der Waals surface area contributed by atoms with E-state index in [4.69, 9.17) is 5.73 Å². The smallest absolute Gasteiger partial charge is 0.138 e. The van der Waals surface area contributed by atoms with Crippen LogP contribution in [0.5, 0.6) is 0 Å². The second kappa shape index (κ2) is 4.85. The summed E-state index contributed by atoms with van der Waals surface area (Å²) in [6.07, 6.45) is 0.488. The monoisotopic (exact) mass is 261 g/mol. The van der Waals surface area contributed by atoms with Crippen molar-refractivity contribution in [1.29, 1.82) is 0 Å². The van der Waals surface area contributed by atoms with Gasteiger partial charge in [0.25, 0.3) is 0 Å². The summed E-state index contributed by atoms with van der Waals surface area (Å²) in [5, 5.41) is 9.93. The van der Waals surface area contributed by atoms with E-state index in [1.165, 1.54) is 0 Å². The molecule has 0 saturated carbocycles. The average molecular weight is 261 g/mol. The third kappa shape index (κ3) is 2.73. The number of nitrogen functional groups attached to an aromatic ring is 1. The molecule has 0 bridgehead atoms. The highest BCUT2D eigenvalue weighted by Gasteiger charge is 2.22. The Bertz CT molecular complexity index is 584. The van der Waals surface area contributed by atoms with Crippen molar-refractivity contribution in [2.24, 2.45) is 5.41 Å². The van der Waals surface area contributed by atoms with Crippen molar-refractivity contribution in [2.75, 3.05) is 5.73 Å². The molecule has 0 aliphatic heterocycles. The number of hydrogen-bond acceptors (Lipinski definition) is 3. The van der Waals surface area contributed by atoms with Crippen LogP contribution < -0.4 is 5.73 Å². The molecule has 1 aromatic carbocycles. The van der Waals surface area contributed by atoms with E-state index in [0.717, 1.165) is 24.0 Å². The van der Waals surface area contributed by atoms with Crippen LogP contribution >= 0.6 is 0 Å². The number of aliphatic hydroxyl groups excluding tert-OH is 1. The first-order chi connectivity index (χ1) is 8.84. The first-order valence-corrected chi connectivity index (χ1v) is 6.78. The van der Waals surface area contributed by atoms with E-state index in [1.54, 1.807) is 6.92 Å². The van der Waals surface area contributed by atoms with Gasteiger partial charge in [0, 0.05) is 12.2 Å². The summed E-state index contributed by atoms with van der Waals surface area (Å²) in [5.74, 6) is 0.710. The van der Waals surface area contributed by atoms with Crippen LogP contribution in [0.3, 0.4) is 0 Å². The molecular weight excluding hydrogens is 238 g/mol. The van der Waals surface area contributed by atoms with E-state index in [-0.39, 0.29) is 5.41 Å². The molecule has 2 rings (SSSR count). The minimum Gasteiger partial charge on any atom is -0.399 e. The van der Waals surface area contributed by atoms with E-state index < -0.39 is 6.10 Å². The molecule has 19 heavy (non-hydrogen) atoms. The lowest BCUT2D eigenvalue weighted by Gasteiger charge is -2.25. The van der Waals surface area contributed by atoms with Gasteiger partial charge in [0.15, 0.2) is 0 Å². The van der Waals surface area contributed by atoms with E-state index in [2.05, 4.69) is 30.3 Å². The van der Waals surface area contributed by atoms with Crippen LogP contribution in [-0.2, 0) is 6.54 Å². The van der Waals surface area contributed by atoms with Crippen LogP contribution in [0.4, 0.5) is 5.69 Å². The molecule has 1 atom stereocenters. The van der Waals surface area contributed by atoms with Crippen molar-refractivity contribution in [3.63, 3.8) is 0 Å². The van der Waals surface area contributed by atoms with Gasteiger partial charge in [0.1, 0.15) is 11.9 Å². The first-order valence-electron chi connectivity index (χ1n) is 6.78. The number of nitrogens with two attached hydrogens (primary N) is 1. The van der Waals surface area contributed by atoms with Crippen LogP contribution in [0.25, 0.3) is 11.0 Å². The molecule has 0 fully saturated rings. The summed E-state index contributed by atoms with van der Waals surface area (Å²) >= 11 is 0. The fourth-order valence-corrected chi connectivity index (χ4v) is 2.19. The molecule has 4 nitrogen and oxygen atoms in total. The van der Waals surface area contributed by atoms with Gasteiger partial charge in [0.05, 0.1) is 11.0 Å². The third-order valence-corrected chi connectivity index (χ3v) is 3.72. The summed E-state index contributed by atoms with van der Waals surface area (Å²) in [4.78, 5) is 4.52. The van der Waals surface area contributed by atoms with E-state index in [9.17, 15) is 5.11 Å². The number of imidazole rings is 1. The number of nitrogens with zero attached hydrogens (tertiary/aromatic N) is 2. The molecule has 4 heteroatoms. The van der Waals surface area contributed by atoms with Gasteiger partial charge in [-0.2, -0.15) is 0 Å². The van der Waals surface area contributed by atoms with Crippen LogP contribution in [-0.4, -0.2) is 14.7 Å². The molecule has 0 aliphatic carbocycles. The first kappa shape index (κ1) is 13.9. The Morgan fingerprint density at radius 3 is 2.68 bits per heavy atom. The quantitative estimate of drug-likeness (QED) is 0.831. The number of anilines is 1. The molecule has 0 saturated heterocycles. The van der Waals surface area contributed by atoms with Gasteiger partial charge >= 0.3 is 0 Å². The summed E-state index contributed by atoms with van der Waals surface area (Å²) in [6, 6.07) is 5.72. The van der Waals surface area contributed by atoms with Gasteiger partial charge in [0.2, 0.25) is 0 Å². The number of rotatable bonds is 4. The molecule has 0 radical (unpaired) electrons. The highest BCUT2D eigenvalue weighted by atomic mass is 16.3. The average Bonchev–Trinajstić information content (AvgIpc) is 2.67. The Kier molecular flexibility index (Phi) is 3.54. The summed E-state index contributed by atoms with van der Waals surface area (Å²) in [5.41, 5.74) is 8.55. The van der Waals surface area contributed by atoms with Crippen molar-refractivity contribution in [2.45, 2.75) is 46.8 Å². The van der Waals surface area contributed by atoms with Crippen molar-refractivity contribution < 1.29 is 5.11 Å². The standard InChI is InChI=1S/C15H23N3O/c1-5-15(3,4)9-18-13-7-6-11(16)8-12(13)17-14(18)10(2)19/h6-8,10,19H,5,9,16H2,1-4H3. The molecule has 1 aromatic heterocycles. The third-order valence-electron chi connectivity index (χ3n) is 3.72. The number of hydrogen-bond donors (Lipinski definition) is 2. The van der Waals surface area contributed by atoms with Gasteiger partial charge in [-0.1, -0.05) is 20.8 Å². The van der Waals surface area contributed by atoms with Gasteiger partial charge in [-0.05, 0) is 37.0 Å². The Morgan fingerprint density at radius 2 is 2.11 bits per heavy atom. The molecule has 1 unspecified atom stereocenters. The van der Waals surface area contributed by atoms with Gasteiger partial charge in [-0.25, -0.2) is 4.98 Å². The number of aliphatic hydroxyl groups is 1. The molecule has 0 amide bonds. The Balaban J connectivity index is 2.59. The van der Waals surface area contributed by atoms with Crippen LogP contribution in [0.15, 0.2) is 18.2 Å². The Morgan fingerprint density at radius 1 is 1.42 bits per heavy atom. The topological polar surface area (TPSA) is 64.1 Å². The molecule has 1 heterocycles. The molecule has 2 aromatic rings. The van der Waals surface area contributed by atoms with E-state index >= 15 is 0 Å². The molecular formula is C15H23N3O. The maximum absolute atomic E-state index is 9.93. The molecule has 0 aliphatic rings. The number of fused-ring (bicyclic) bond motifs is 1. The van der Waals surface area contributed by atoms with Crippen LogP contribution in [0.2, 0.25) is 0 Å². The van der Waals surface area contributed by atoms with Crippen LogP contribution in [0.1, 0.15) is 46.0 Å². The predicted octanol–water partition coefficient (Wildman–Crippen LogP) is 3.11. The zero-order chi connectivity index (χ0) is 14.2. The summed E-state index contributed by atoms with van der Waals surface area (Å²) in [7, 11) is 0. The maximum atomic E-state index is 9.93. The highest BCUT2D eigenvalue weighted by Crippen LogP contribution is 2.29. The zero-order valence-electron chi connectivity index (χ0n) is 12.1. The molecule has 104 valence electrons. The summed E-state index contributed by atoms with van der Waals surface area (Å²) in [6.45, 7) is 9.22. The van der Waals surface area contributed by atoms with Gasteiger partial charge in [-0.3, -0.25) is 0 Å². The van der Waals surface area contributed by atoms with Crippen molar-refractivity contribution in [3.05, 3.63) is 24.0 Å². The van der Waals surface area contributed by atoms with Crippen molar-refractivity contribution >= 4 is 16.7 Å². The normalized spacial score (nSPS) is 13.9. The highest BCUT2D eigenvalue weighted by molar-refractivity contribution is 5.79. The summed E-state index contributed by atoms with van der Waals surface area (Å²) < 4.78 is 2.11. The minimum atomic E-state index is -0.582. The van der Waals surface area contributed by atoms with Gasteiger partial charge in [-0.15, -0.1) is 0 Å². The van der Waals surface area contributed by atoms with Gasteiger partial charge < -0.3 is 15.4 Å². The minimum absolute atomic E-state index is 0.165. The maximum Gasteiger partial charge on any atom is 0.138 e. The fraction of sp³-hybridized carbons (Fsp3) is 0.533. The Labute approximate surface area is 114 Å². The fourth-order valence-electron chi connectivity index (χ4n) is 2.19. The second-order valence-corrected chi connectivity index (χ2v) is 6.00. The van der Waals surface area contributed by atoms with E-state index in [1.807, 2.05) is 18.2 Å². The van der Waals surface area contributed by atoms with Crippen LogP contribution in [0, 0.1) is 5.41 Å². The van der Waals surface area contributed by atoms with Crippen molar-refractivity contribution in [3.8, 4) is 0 Å². The SMILES string of the molecule is CCC(C)(C)Cn1c(C(C)O)nc2cc(N)ccc21. The van der Waals surface area contributed by atoms with Crippen molar-refractivity contribution in [1.82, 2.24) is 9.55 Å². The Hall–Kier alpha value is -1.55. The number of benzene rings is 1. The number of aromatic nitrogens is 2. The largest absolute Gasteiger partial charge is 0.399 e. The van der Waals surface area contributed by atoms with E-state index in [0.29, 0.717) is 11.5 Å². The lowest BCUT2D eigenvalue weighted by Crippen LogP contribution is -2.21. The zero-order valence-corrected chi connectivity index (χ0v) is 12.1. The lowest BCUT2D eigenvalue weighted by atomic mass is 9.90.